The Hall–Kier alpha value is -1.55. The van der Waals surface area contributed by atoms with E-state index in [1.807, 2.05) is 38.1 Å². The van der Waals surface area contributed by atoms with Gasteiger partial charge in [-0.25, -0.2) is 0 Å². The number of hydrogen-bond acceptors (Lipinski definition) is 3. The van der Waals surface area contributed by atoms with E-state index in [0.29, 0.717) is 6.42 Å². The quantitative estimate of drug-likeness (QED) is 0.788. The molecule has 94 valence electrons. The predicted molar refractivity (Wildman–Crippen MR) is 67.8 cm³/mol. The number of amides is 1. The van der Waals surface area contributed by atoms with Crippen molar-refractivity contribution in [2.45, 2.75) is 32.4 Å². The van der Waals surface area contributed by atoms with Gasteiger partial charge in [0.15, 0.2) is 0 Å². The molecular formula is C13H20N2O2. The molecule has 0 radical (unpaired) electrons. The lowest BCUT2D eigenvalue weighted by molar-refractivity contribution is -0.120. The van der Waals surface area contributed by atoms with E-state index in [4.69, 9.17) is 10.5 Å². The molecule has 0 aromatic heterocycles. The monoisotopic (exact) mass is 236 g/mol. The highest BCUT2D eigenvalue weighted by Gasteiger charge is 2.16. The molecule has 2 atom stereocenters. The Morgan fingerprint density at radius 1 is 1.41 bits per heavy atom. The molecule has 1 amide bonds. The smallest absolute Gasteiger partial charge is 0.234 e. The predicted octanol–water partition coefficient (Wildman–Crippen LogP) is 1.61. The molecule has 0 saturated carbocycles. The topological polar surface area (TPSA) is 64.3 Å². The first kappa shape index (κ1) is 13.5. The number of hydrogen-bond donors (Lipinski definition) is 2. The molecule has 1 rings (SSSR count). The van der Waals surface area contributed by atoms with Gasteiger partial charge in [-0.15, -0.1) is 0 Å². The zero-order valence-corrected chi connectivity index (χ0v) is 10.6. The van der Waals surface area contributed by atoms with Crippen molar-refractivity contribution >= 4 is 5.91 Å². The van der Waals surface area contributed by atoms with E-state index in [0.717, 1.165) is 11.3 Å². The largest absolute Gasteiger partial charge is 0.497 e. The van der Waals surface area contributed by atoms with Crippen molar-refractivity contribution in [3.63, 3.8) is 0 Å². The van der Waals surface area contributed by atoms with Crippen molar-refractivity contribution in [1.82, 2.24) is 5.32 Å². The Balaban J connectivity index is 2.68. The Morgan fingerprint density at radius 3 is 2.41 bits per heavy atom. The van der Waals surface area contributed by atoms with Gasteiger partial charge in [-0.3, -0.25) is 10.1 Å². The normalized spacial score (nSPS) is 14.1. The van der Waals surface area contributed by atoms with Gasteiger partial charge in [0.2, 0.25) is 5.91 Å². The second-order valence-electron chi connectivity index (χ2n) is 4.02. The van der Waals surface area contributed by atoms with Crippen molar-refractivity contribution in [2.75, 3.05) is 7.11 Å². The first-order chi connectivity index (χ1) is 8.08. The van der Waals surface area contributed by atoms with Gasteiger partial charge in [-0.05, 0) is 31.0 Å². The Kier molecular flexibility index (Phi) is 4.97. The van der Waals surface area contributed by atoms with Gasteiger partial charge in [-0.1, -0.05) is 19.1 Å². The van der Waals surface area contributed by atoms with E-state index in [2.05, 4.69) is 5.32 Å². The molecular weight excluding hydrogens is 216 g/mol. The van der Waals surface area contributed by atoms with Crippen molar-refractivity contribution in [3.8, 4) is 5.75 Å². The van der Waals surface area contributed by atoms with Gasteiger partial charge >= 0.3 is 0 Å². The summed E-state index contributed by atoms with van der Waals surface area (Å²) < 4.78 is 5.09. The summed E-state index contributed by atoms with van der Waals surface area (Å²) in [5.74, 6) is 0.510. The van der Waals surface area contributed by atoms with Gasteiger partial charge in [0.1, 0.15) is 5.75 Å². The summed E-state index contributed by atoms with van der Waals surface area (Å²) >= 11 is 0. The molecule has 0 heterocycles. The van der Waals surface area contributed by atoms with E-state index < -0.39 is 0 Å². The first-order valence-electron chi connectivity index (χ1n) is 5.77. The van der Waals surface area contributed by atoms with E-state index in [1.165, 1.54) is 0 Å². The van der Waals surface area contributed by atoms with Crippen molar-refractivity contribution < 1.29 is 9.53 Å². The average molecular weight is 236 g/mol. The third-order valence-corrected chi connectivity index (χ3v) is 2.82. The van der Waals surface area contributed by atoms with Gasteiger partial charge < -0.3 is 10.5 Å². The number of carbonyl (C=O) groups excluding carboxylic acids is 1. The highest BCUT2D eigenvalue weighted by Crippen LogP contribution is 2.17. The molecule has 17 heavy (non-hydrogen) atoms. The van der Waals surface area contributed by atoms with Gasteiger partial charge in [-0.2, -0.15) is 0 Å². The number of nitrogens with one attached hydrogen (secondary N) is 1. The van der Waals surface area contributed by atoms with E-state index in [1.54, 1.807) is 7.11 Å². The molecule has 0 bridgehead atoms. The zero-order chi connectivity index (χ0) is 12.8. The lowest BCUT2D eigenvalue weighted by atomic mass is 10.1. The second-order valence-corrected chi connectivity index (χ2v) is 4.02. The van der Waals surface area contributed by atoms with Gasteiger partial charge in [0.25, 0.3) is 0 Å². The van der Waals surface area contributed by atoms with Crippen LogP contribution in [0.2, 0.25) is 0 Å². The average Bonchev–Trinajstić information content (AvgIpc) is 2.35. The van der Waals surface area contributed by atoms with Crippen LogP contribution >= 0.6 is 0 Å². The van der Waals surface area contributed by atoms with Gasteiger partial charge in [0.05, 0.1) is 13.2 Å². The molecule has 4 heteroatoms. The molecule has 0 fully saturated rings. The maximum atomic E-state index is 11.1. The minimum Gasteiger partial charge on any atom is -0.497 e. The minimum atomic E-state index is -0.312. The molecule has 0 spiro atoms. The SMILES string of the molecule is CCC(N[C@H](C)c1ccc(OC)cc1)C(N)=O. The molecule has 4 nitrogen and oxygen atoms in total. The third-order valence-electron chi connectivity index (χ3n) is 2.82. The van der Waals surface area contributed by atoms with E-state index in [9.17, 15) is 4.79 Å². The summed E-state index contributed by atoms with van der Waals surface area (Å²) in [5.41, 5.74) is 6.40. The van der Waals surface area contributed by atoms with Crippen LogP contribution in [0.25, 0.3) is 0 Å². The number of ether oxygens (including phenoxy) is 1. The Bertz CT molecular complexity index is 362. The van der Waals surface area contributed by atoms with Crippen LogP contribution in [-0.2, 0) is 4.79 Å². The van der Waals surface area contributed by atoms with Crippen LogP contribution in [0.3, 0.4) is 0 Å². The molecule has 0 aliphatic carbocycles. The second kappa shape index (κ2) is 6.25. The number of rotatable bonds is 6. The van der Waals surface area contributed by atoms with Crippen LogP contribution in [0.4, 0.5) is 0 Å². The summed E-state index contributed by atoms with van der Waals surface area (Å²) in [7, 11) is 1.64. The molecule has 0 aliphatic rings. The molecule has 0 aliphatic heterocycles. The van der Waals surface area contributed by atoms with Crippen molar-refractivity contribution in [2.24, 2.45) is 5.73 Å². The zero-order valence-electron chi connectivity index (χ0n) is 10.6. The van der Waals surface area contributed by atoms with Crippen molar-refractivity contribution in [3.05, 3.63) is 29.8 Å². The highest BCUT2D eigenvalue weighted by atomic mass is 16.5. The standard InChI is InChI=1S/C13H20N2O2/c1-4-12(13(14)16)15-9(2)10-5-7-11(17-3)8-6-10/h5-9,12,15H,4H2,1-3H3,(H2,14,16)/t9-,12?/m1/s1. The molecule has 3 N–H and O–H groups in total. The molecule has 0 saturated heterocycles. The number of methoxy groups -OCH3 is 1. The summed E-state index contributed by atoms with van der Waals surface area (Å²) in [6.45, 7) is 3.94. The maximum absolute atomic E-state index is 11.1. The fraction of sp³-hybridized carbons (Fsp3) is 0.462. The fourth-order valence-electron chi connectivity index (χ4n) is 1.69. The molecule has 1 aromatic rings. The lowest BCUT2D eigenvalue weighted by Gasteiger charge is -2.20. The summed E-state index contributed by atoms with van der Waals surface area (Å²) in [5, 5.41) is 3.20. The van der Waals surface area contributed by atoms with Crippen LogP contribution in [0.1, 0.15) is 31.9 Å². The summed E-state index contributed by atoms with van der Waals surface area (Å²) in [4.78, 5) is 11.1. The van der Waals surface area contributed by atoms with E-state index in [-0.39, 0.29) is 18.0 Å². The lowest BCUT2D eigenvalue weighted by Crippen LogP contribution is -2.41. The minimum absolute atomic E-state index is 0.0818. The third kappa shape index (κ3) is 3.75. The summed E-state index contributed by atoms with van der Waals surface area (Å²) in [6.07, 6.45) is 0.690. The number of nitrogens with two attached hydrogens (primary N) is 1. The van der Waals surface area contributed by atoms with Crippen LogP contribution < -0.4 is 15.8 Å². The fourth-order valence-corrected chi connectivity index (χ4v) is 1.69. The van der Waals surface area contributed by atoms with Gasteiger partial charge in [0, 0.05) is 6.04 Å². The van der Waals surface area contributed by atoms with Crippen LogP contribution in [0, 0.1) is 0 Å². The van der Waals surface area contributed by atoms with Crippen LogP contribution in [0.5, 0.6) is 5.75 Å². The maximum Gasteiger partial charge on any atom is 0.234 e. The summed E-state index contributed by atoms with van der Waals surface area (Å²) in [6, 6.07) is 7.55. The van der Waals surface area contributed by atoms with Crippen molar-refractivity contribution in [1.29, 1.82) is 0 Å². The highest BCUT2D eigenvalue weighted by molar-refractivity contribution is 5.79. The number of carbonyl (C=O) groups is 1. The first-order valence-corrected chi connectivity index (χ1v) is 5.77. The molecule has 1 unspecified atom stereocenters. The van der Waals surface area contributed by atoms with Crippen LogP contribution in [0.15, 0.2) is 24.3 Å². The molecule has 1 aromatic carbocycles. The number of primary amides is 1. The Labute approximate surface area is 102 Å². The van der Waals surface area contributed by atoms with Crippen LogP contribution in [-0.4, -0.2) is 19.1 Å². The number of benzene rings is 1. The Morgan fingerprint density at radius 2 is 2.00 bits per heavy atom. The van der Waals surface area contributed by atoms with E-state index >= 15 is 0 Å².